The third-order valence-corrected chi connectivity index (χ3v) is 4.62. The molecule has 1 aliphatic rings. The molecule has 0 radical (unpaired) electrons. The summed E-state index contributed by atoms with van der Waals surface area (Å²) >= 11 is 0. The Bertz CT molecular complexity index is 529. The van der Waals surface area contributed by atoms with Crippen molar-refractivity contribution in [3.8, 4) is 11.5 Å². The summed E-state index contributed by atoms with van der Waals surface area (Å²) in [6.45, 7) is 4.97. The Hall–Kier alpha value is -1.91. The van der Waals surface area contributed by atoms with E-state index in [0.717, 1.165) is 49.3 Å². The predicted octanol–water partition coefficient (Wildman–Crippen LogP) is 3.74. The number of amides is 2. The molecule has 0 saturated carbocycles. The van der Waals surface area contributed by atoms with E-state index < -0.39 is 0 Å². The quantitative estimate of drug-likeness (QED) is 0.868. The number of benzene rings is 1. The first kappa shape index (κ1) is 17.4. The van der Waals surface area contributed by atoms with Gasteiger partial charge in [-0.05, 0) is 43.9 Å². The van der Waals surface area contributed by atoms with Crippen LogP contribution in [0.15, 0.2) is 18.2 Å². The molecule has 0 aromatic heterocycles. The normalized spacial score (nSPS) is 17.4. The highest BCUT2D eigenvalue weighted by molar-refractivity contribution is 5.75. The minimum absolute atomic E-state index is 0.0195. The zero-order chi connectivity index (χ0) is 16.8. The molecule has 1 aromatic rings. The van der Waals surface area contributed by atoms with Gasteiger partial charge in [-0.2, -0.15) is 0 Å². The summed E-state index contributed by atoms with van der Waals surface area (Å²) < 4.78 is 10.8. The van der Waals surface area contributed by atoms with Gasteiger partial charge in [0.05, 0.1) is 20.3 Å². The summed E-state index contributed by atoms with van der Waals surface area (Å²) in [5.74, 6) is 1.59. The molecule has 0 spiro atoms. The van der Waals surface area contributed by atoms with Crippen LogP contribution in [0.2, 0.25) is 0 Å². The van der Waals surface area contributed by atoms with Crippen LogP contribution in [0.3, 0.4) is 0 Å². The average molecular weight is 320 g/mol. The summed E-state index contributed by atoms with van der Waals surface area (Å²) in [4.78, 5) is 14.6. The zero-order valence-corrected chi connectivity index (χ0v) is 14.6. The number of ether oxygens (including phenoxy) is 2. The molecule has 1 heterocycles. The fraction of sp³-hybridized carbons (Fsp3) is 0.611. The van der Waals surface area contributed by atoms with E-state index in [1.165, 1.54) is 0 Å². The van der Waals surface area contributed by atoms with Crippen molar-refractivity contribution in [2.24, 2.45) is 0 Å². The molecule has 1 atom stereocenters. The SMILES string of the molecule is CCC(CC)NC(=O)N1CCCC1c1cc(OC)ccc1OC. The van der Waals surface area contributed by atoms with Gasteiger partial charge in [0, 0.05) is 18.2 Å². The van der Waals surface area contributed by atoms with Crippen LogP contribution in [0.4, 0.5) is 4.79 Å². The highest BCUT2D eigenvalue weighted by Gasteiger charge is 2.32. The molecule has 1 saturated heterocycles. The summed E-state index contributed by atoms with van der Waals surface area (Å²) in [7, 11) is 3.31. The summed E-state index contributed by atoms with van der Waals surface area (Å²) in [6.07, 6.45) is 3.84. The van der Waals surface area contributed by atoms with Crippen LogP contribution in [-0.4, -0.2) is 37.7 Å². The molecule has 23 heavy (non-hydrogen) atoms. The van der Waals surface area contributed by atoms with E-state index in [1.807, 2.05) is 23.1 Å². The van der Waals surface area contributed by atoms with Crippen LogP contribution >= 0.6 is 0 Å². The molecule has 5 heteroatoms. The molecule has 1 aromatic carbocycles. The third kappa shape index (κ3) is 3.89. The highest BCUT2D eigenvalue weighted by Crippen LogP contribution is 2.38. The van der Waals surface area contributed by atoms with Gasteiger partial charge in [0.25, 0.3) is 0 Å². The van der Waals surface area contributed by atoms with Gasteiger partial charge in [-0.3, -0.25) is 0 Å². The fourth-order valence-electron chi connectivity index (χ4n) is 3.18. The van der Waals surface area contributed by atoms with E-state index in [2.05, 4.69) is 19.2 Å². The summed E-state index contributed by atoms with van der Waals surface area (Å²) in [5.41, 5.74) is 1.02. The van der Waals surface area contributed by atoms with E-state index in [9.17, 15) is 4.79 Å². The number of carbonyl (C=O) groups is 1. The van der Waals surface area contributed by atoms with E-state index in [0.29, 0.717) is 0 Å². The maximum atomic E-state index is 12.7. The van der Waals surface area contributed by atoms with Crippen molar-refractivity contribution >= 4 is 6.03 Å². The summed E-state index contributed by atoms with van der Waals surface area (Å²) in [6, 6.07) is 6.05. The lowest BCUT2D eigenvalue weighted by atomic mass is 10.0. The van der Waals surface area contributed by atoms with Crippen molar-refractivity contribution in [3.63, 3.8) is 0 Å². The van der Waals surface area contributed by atoms with Crippen molar-refractivity contribution in [2.75, 3.05) is 20.8 Å². The highest BCUT2D eigenvalue weighted by atomic mass is 16.5. The first-order valence-electron chi connectivity index (χ1n) is 8.43. The number of nitrogens with zero attached hydrogens (tertiary/aromatic N) is 1. The van der Waals surface area contributed by atoms with Gasteiger partial charge < -0.3 is 19.7 Å². The average Bonchev–Trinajstić information content (AvgIpc) is 3.08. The fourth-order valence-corrected chi connectivity index (χ4v) is 3.18. The monoisotopic (exact) mass is 320 g/mol. The second kappa shape index (κ2) is 8.09. The molecule has 0 bridgehead atoms. The number of hydrogen-bond donors (Lipinski definition) is 1. The van der Waals surface area contributed by atoms with Crippen molar-refractivity contribution < 1.29 is 14.3 Å². The molecular formula is C18H28N2O3. The van der Waals surface area contributed by atoms with Crippen LogP contribution in [-0.2, 0) is 0 Å². The number of rotatable bonds is 6. The largest absolute Gasteiger partial charge is 0.497 e. The second-order valence-electron chi connectivity index (χ2n) is 5.92. The number of hydrogen-bond acceptors (Lipinski definition) is 3. The number of likely N-dealkylation sites (tertiary alicyclic amines) is 1. The topological polar surface area (TPSA) is 50.8 Å². The molecule has 1 N–H and O–H groups in total. The Labute approximate surface area is 139 Å². The van der Waals surface area contributed by atoms with Crippen LogP contribution in [0.1, 0.15) is 51.1 Å². The summed E-state index contributed by atoms with van der Waals surface area (Å²) in [5, 5.41) is 3.14. The molecule has 128 valence electrons. The molecule has 2 rings (SSSR count). The van der Waals surface area contributed by atoms with Crippen molar-refractivity contribution in [1.29, 1.82) is 0 Å². The Kier molecular flexibility index (Phi) is 6.13. The Balaban J connectivity index is 2.22. The van der Waals surface area contributed by atoms with Gasteiger partial charge in [0.2, 0.25) is 0 Å². The molecule has 1 aliphatic heterocycles. The molecule has 1 fully saturated rings. The number of methoxy groups -OCH3 is 2. The standard InChI is InChI=1S/C18H28N2O3/c1-5-13(6-2)19-18(21)20-11-7-8-16(20)15-12-14(22-3)9-10-17(15)23-4/h9-10,12-13,16H,5-8,11H2,1-4H3,(H,19,21). The molecular weight excluding hydrogens is 292 g/mol. The van der Waals surface area contributed by atoms with E-state index >= 15 is 0 Å². The lowest BCUT2D eigenvalue weighted by Gasteiger charge is -2.28. The first-order chi connectivity index (χ1) is 11.1. The minimum atomic E-state index is 0.0195. The van der Waals surface area contributed by atoms with Crippen molar-refractivity contribution in [1.82, 2.24) is 10.2 Å². The van der Waals surface area contributed by atoms with Gasteiger partial charge in [0.1, 0.15) is 11.5 Å². The predicted molar refractivity (Wildman–Crippen MR) is 91.1 cm³/mol. The van der Waals surface area contributed by atoms with Gasteiger partial charge in [-0.15, -0.1) is 0 Å². The Morgan fingerprint density at radius 1 is 1.30 bits per heavy atom. The Morgan fingerprint density at radius 3 is 2.65 bits per heavy atom. The molecule has 5 nitrogen and oxygen atoms in total. The minimum Gasteiger partial charge on any atom is -0.497 e. The maximum absolute atomic E-state index is 12.7. The number of nitrogens with one attached hydrogen (secondary N) is 1. The smallest absolute Gasteiger partial charge is 0.318 e. The van der Waals surface area contributed by atoms with Crippen LogP contribution in [0, 0.1) is 0 Å². The van der Waals surface area contributed by atoms with E-state index in [-0.39, 0.29) is 18.1 Å². The van der Waals surface area contributed by atoms with E-state index in [4.69, 9.17) is 9.47 Å². The second-order valence-corrected chi connectivity index (χ2v) is 5.92. The van der Waals surface area contributed by atoms with Crippen LogP contribution in [0.5, 0.6) is 11.5 Å². The molecule has 1 unspecified atom stereocenters. The number of urea groups is 1. The van der Waals surface area contributed by atoms with Crippen molar-refractivity contribution in [2.45, 2.75) is 51.6 Å². The molecule has 0 aliphatic carbocycles. The molecule has 2 amide bonds. The Morgan fingerprint density at radius 2 is 2.04 bits per heavy atom. The van der Waals surface area contributed by atoms with Crippen LogP contribution < -0.4 is 14.8 Å². The first-order valence-corrected chi connectivity index (χ1v) is 8.43. The maximum Gasteiger partial charge on any atom is 0.318 e. The van der Waals surface area contributed by atoms with E-state index in [1.54, 1.807) is 14.2 Å². The zero-order valence-electron chi connectivity index (χ0n) is 14.6. The van der Waals surface area contributed by atoms with Gasteiger partial charge in [0.15, 0.2) is 0 Å². The van der Waals surface area contributed by atoms with Crippen molar-refractivity contribution in [3.05, 3.63) is 23.8 Å². The lowest BCUT2D eigenvalue weighted by molar-refractivity contribution is 0.187. The van der Waals surface area contributed by atoms with Gasteiger partial charge in [-0.25, -0.2) is 4.79 Å². The lowest BCUT2D eigenvalue weighted by Crippen LogP contribution is -2.44. The third-order valence-electron chi connectivity index (χ3n) is 4.62. The van der Waals surface area contributed by atoms with Gasteiger partial charge in [-0.1, -0.05) is 13.8 Å². The van der Waals surface area contributed by atoms with Gasteiger partial charge >= 0.3 is 6.03 Å². The van der Waals surface area contributed by atoms with Crippen LogP contribution in [0.25, 0.3) is 0 Å². The number of carbonyl (C=O) groups excluding carboxylic acids is 1.